The molecule has 14 heavy (non-hydrogen) atoms. The van der Waals surface area contributed by atoms with Gasteiger partial charge in [0.25, 0.3) is 0 Å². The summed E-state index contributed by atoms with van der Waals surface area (Å²) in [6.45, 7) is 9.41. The van der Waals surface area contributed by atoms with Crippen LogP contribution in [0.4, 0.5) is 0 Å². The highest BCUT2D eigenvalue weighted by Crippen LogP contribution is 2.48. The molecule has 76 valence electrons. The van der Waals surface area contributed by atoms with Gasteiger partial charge < -0.3 is 0 Å². The van der Waals surface area contributed by atoms with Gasteiger partial charge in [0.05, 0.1) is 0 Å². The van der Waals surface area contributed by atoms with Crippen molar-refractivity contribution in [1.82, 2.24) is 0 Å². The molecule has 0 bridgehead atoms. The lowest BCUT2D eigenvalue weighted by Crippen LogP contribution is -2.13. The average molecular weight is 188 g/mol. The Morgan fingerprint density at radius 1 is 1.21 bits per heavy atom. The van der Waals surface area contributed by atoms with E-state index < -0.39 is 0 Å². The molecule has 1 aromatic carbocycles. The van der Waals surface area contributed by atoms with Crippen LogP contribution in [0.15, 0.2) is 24.3 Å². The normalized spacial score (nSPS) is 23.9. The van der Waals surface area contributed by atoms with Gasteiger partial charge in [0.15, 0.2) is 0 Å². The van der Waals surface area contributed by atoms with E-state index in [9.17, 15) is 0 Å². The van der Waals surface area contributed by atoms with Crippen molar-refractivity contribution >= 4 is 0 Å². The fraction of sp³-hybridized carbons (Fsp3) is 0.571. The van der Waals surface area contributed by atoms with Crippen LogP contribution < -0.4 is 0 Å². The van der Waals surface area contributed by atoms with Crippen LogP contribution in [0.25, 0.3) is 0 Å². The summed E-state index contributed by atoms with van der Waals surface area (Å²) in [5.41, 5.74) is 3.54. The van der Waals surface area contributed by atoms with Crippen LogP contribution in [0.1, 0.15) is 51.2 Å². The van der Waals surface area contributed by atoms with Gasteiger partial charge in [-0.1, -0.05) is 52.0 Å². The molecule has 2 rings (SSSR count). The van der Waals surface area contributed by atoms with E-state index >= 15 is 0 Å². The molecular formula is C14H20. The number of hydrogen-bond donors (Lipinski definition) is 0. The van der Waals surface area contributed by atoms with Gasteiger partial charge in [0, 0.05) is 0 Å². The lowest BCUT2D eigenvalue weighted by atomic mass is 9.84. The zero-order chi connectivity index (χ0) is 10.3. The monoisotopic (exact) mass is 188 g/mol. The van der Waals surface area contributed by atoms with Crippen LogP contribution in [-0.4, -0.2) is 0 Å². The summed E-state index contributed by atoms with van der Waals surface area (Å²) in [6, 6.07) is 8.96. The minimum atomic E-state index is 0.380. The SMILES string of the molecule is CC(C)[C@H]1CC(C)(C)c2ccccc21. The highest BCUT2D eigenvalue weighted by atomic mass is 14.4. The van der Waals surface area contributed by atoms with Gasteiger partial charge in [0.2, 0.25) is 0 Å². The minimum absolute atomic E-state index is 0.380. The molecule has 1 aliphatic rings. The summed E-state index contributed by atoms with van der Waals surface area (Å²) in [4.78, 5) is 0. The molecule has 1 aromatic rings. The van der Waals surface area contributed by atoms with E-state index in [0.29, 0.717) is 5.41 Å². The first-order chi connectivity index (χ1) is 6.52. The fourth-order valence-corrected chi connectivity index (χ4v) is 2.80. The van der Waals surface area contributed by atoms with Gasteiger partial charge in [-0.25, -0.2) is 0 Å². The number of rotatable bonds is 1. The van der Waals surface area contributed by atoms with E-state index in [-0.39, 0.29) is 0 Å². The van der Waals surface area contributed by atoms with Crippen molar-refractivity contribution in [3.05, 3.63) is 35.4 Å². The highest BCUT2D eigenvalue weighted by molar-refractivity contribution is 5.41. The van der Waals surface area contributed by atoms with Crippen LogP contribution in [-0.2, 0) is 5.41 Å². The van der Waals surface area contributed by atoms with E-state index in [1.807, 2.05) is 0 Å². The van der Waals surface area contributed by atoms with E-state index in [4.69, 9.17) is 0 Å². The predicted molar refractivity (Wildman–Crippen MR) is 61.7 cm³/mol. The van der Waals surface area contributed by atoms with Crippen LogP contribution >= 0.6 is 0 Å². The molecule has 0 saturated heterocycles. The Morgan fingerprint density at radius 3 is 2.50 bits per heavy atom. The van der Waals surface area contributed by atoms with Gasteiger partial charge >= 0.3 is 0 Å². The zero-order valence-corrected chi connectivity index (χ0v) is 9.67. The molecule has 0 amide bonds. The number of benzene rings is 1. The van der Waals surface area contributed by atoms with E-state index in [2.05, 4.69) is 52.0 Å². The Morgan fingerprint density at radius 2 is 1.86 bits per heavy atom. The summed E-state index contributed by atoms with van der Waals surface area (Å²) in [5, 5.41) is 0. The topological polar surface area (TPSA) is 0 Å². The minimum Gasteiger partial charge on any atom is -0.0622 e. The van der Waals surface area contributed by atoms with Gasteiger partial charge in [-0.15, -0.1) is 0 Å². The van der Waals surface area contributed by atoms with Crippen LogP contribution in [0, 0.1) is 5.92 Å². The molecule has 1 atom stereocenters. The van der Waals surface area contributed by atoms with Gasteiger partial charge in [-0.05, 0) is 34.8 Å². The van der Waals surface area contributed by atoms with Gasteiger partial charge in [-0.3, -0.25) is 0 Å². The Kier molecular flexibility index (Phi) is 2.17. The number of fused-ring (bicyclic) bond motifs is 1. The van der Waals surface area contributed by atoms with Gasteiger partial charge in [0.1, 0.15) is 0 Å². The molecule has 0 fully saturated rings. The molecule has 0 spiro atoms. The standard InChI is InChI=1S/C14H20/c1-10(2)12-9-14(3,4)13-8-6-5-7-11(12)13/h5-8,10,12H,9H2,1-4H3/t12-/m1/s1. The van der Waals surface area contributed by atoms with Crippen LogP contribution in [0.2, 0.25) is 0 Å². The first-order valence-corrected chi connectivity index (χ1v) is 5.62. The first-order valence-electron chi connectivity index (χ1n) is 5.62. The predicted octanol–water partition coefficient (Wildman–Crippen LogP) is 4.11. The van der Waals surface area contributed by atoms with Crippen molar-refractivity contribution in [1.29, 1.82) is 0 Å². The third-order valence-electron chi connectivity index (χ3n) is 3.62. The maximum absolute atomic E-state index is 2.37. The van der Waals surface area contributed by atoms with Gasteiger partial charge in [-0.2, -0.15) is 0 Å². The Labute approximate surface area is 87.3 Å². The van der Waals surface area contributed by atoms with Crippen molar-refractivity contribution in [3.63, 3.8) is 0 Å². The number of hydrogen-bond acceptors (Lipinski definition) is 0. The largest absolute Gasteiger partial charge is 0.0622 e. The molecular weight excluding hydrogens is 168 g/mol. The van der Waals surface area contributed by atoms with Crippen molar-refractivity contribution < 1.29 is 0 Å². The molecule has 0 unspecified atom stereocenters. The van der Waals surface area contributed by atoms with Crippen molar-refractivity contribution in [2.75, 3.05) is 0 Å². The van der Waals surface area contributed by atoms with Crippen LogP contribution in [0.5, 0.6) is 0 Å². The van der Waals surface area contributed by atoms with Crippen molar-refractivity contribution in [2.45, 2.75) is 45.4 Å². The van der Waals surface area contributed by atoms with E-state index in [1.165, 1.54) is 6.42 Å². The summed E-state index contributed by atoms with van der Waals surface area (Å²) in [6.07, 6.45) is 1.31. The summed E-state index contributed by atoms with van der Waals surface area (Å²) in [7, 11) is 0. The van der Waals surface area contributed by atoms with Crippen molar-refractivity contribution in [3.8, 4) is 0 Å². The molecule has 0 radical (unpaired) electrons. The van der Waals surface area contributed by atoms with Crippen molar-refractivity contribution in [2.24, 2.45) is 5.92 Å². The average Bonchev–Trinajstić information content (AvgIpc) is 2.40. The molecule has 0 heterocycles. The lowest BCUT2D eigenvalue weighted by Gasteiger charge is -2.20. The fourth-order valence-electron chi connectivity index (χ4n) is 2.80. The molecule has 0 nitrogen and oxygen atoms in total. The van der Waals surface area contributed by atoms with E-state index in [0.717, 1.165) is 11.8 Å². The third-order valence-corrected chi connectivity index (χ3v) is 3.62. The lowest BCUT2D eigenvalue weighted by molar-refractivity contribution is 0.409. The summed E-state index contributed by atoms with van der Waals surface area (Å²) < 4.78 is 0. The van der Waals surface area contributed by atoms with E-state index in [1.54, 1.807) is 11.1 Å². The Bertz CT molecular complexity index is 334. The first kappa shape index (κ1) is 9.76. The molecule has 0 aliphatic heterocycles. The molecule has 0 aromatic heterocycles. The third kappa shape index (κ3) is 1.37. The quantitative estimate of drug-likeness (QED) is 0.622. The maximum Gasteiger partial charge on any atom is -0.00948 e. The van der Waals surface area contributed by atoms with Crippen LogP contribution in [0.3, 0.4) is 0 Å². The second-order valence-electron chi connectivity index (χ2n) is 5.53. The maximum atomic E-state index is 2.37. The summed E-state index contributed by atoms with van der Waals surface area (Å²) in [5.74, 6) is 1.53. The Hall–Kier alpha value is -0.780. The molecule has 0 saturated carbocycles. The molecule has 0 heteroatoms. The Balaban J connectivity index is 2.49. The molecule has 0 N–H and O–H groups in total. The second kappa shape index (κ2) is 3.12. The molecule has 1 aliphatic carbocycles. The second-order valence-corrected chi connectivity index (χ2v) is 5.53. The zero-order valence-electron chi connectivity index (χ0n) is 9.67. The summed E-state index contributed by atoms with van der Waals surface area (Å²) >= 11 is 0. The highest BCUT2D eigenvalue weighted by Gasteiger charge is 2.37. The smallest absolute Gasteiger partial charge is 0.00948 e.